The van der Waals surface area contributed by atoms with Gasteiger partial charge in [-0.3, -0.25) is 19.3 Å². The van der Waals surface area contributed by atoms with Crippen molar-refractivity contribution < 1.29 is 19.1 Å². The average molecular weight is 370 g/mol. The summed E-state index contributed by atoms with van der Waals surface area (Å²) in [5.41, 5.74) is 0. The third-order valence-corrected chi connectivity index (χ3v) is 5.12. The minimum absolute atomic E-state index is 0.0503. The number of carbonyl (C=O) groups is 3. The Hall–Kier alpha value is -1.59. The second kappa shape index (κ2) is 7.11. The van der Waals surface area contributed by atoms with E-state index in [1.807, 2.05) is 0 Å². The first-order chi connectivity index (χ1) is 11.5. The van der Waals surface area contributed by atoms with Gasteiger partial charge in [0.1, 0.15) is 5.75 Å². The molecule has 1 heterocycles. The maximum Gasteiger partial charge on any atom is 0.313 e. The molecular weight excluding hydrogens is 353 g/mol. The zero-order valence-corrected chi connectivity index (χ0v) is 14.5. The minimum atomic E-state index is -0.547. The molecule has 1 saturated heterocycles. The standard InChI is InChI=1S/C17H17Cl2NO4/c18-10-5-6-14(13(19)9-10)24-15(21)7-8-20-16(22)11-3-1-2-4-12(11)17(20)23/h5-6,9,11-12H,1-4,7-8H2. The summed E-state index contributed by atoms with van der Waals surface area (Å²) in [5, 5.41) is 0.672. The highest BCUT2D eigenvalue weighted by atomic mass is 35.5. The van der Waals surface area contributed by atoms with Gasteiger partial charge in [0.05, 0.1) is 23.3 Å². The van der Waals surface area contributed by atoms with Crippen molar-refractivity contribution in [3.8, 4) is 5.75 Å². The summed E-state index contributed by atoms with van der Waals surface area (Å²) in [7, 11) is 0. The van der Waals surface area contributed by atoms with Crippen molar-refractivity contribution in [1.29, 1.82) is 0 Å². The van der Waals surface area contributed by atoms with Gasteiger partial charge in [-0.15, -0.1) is 0 Å². The van der Waals surface area contributed by atoms with E-state index < -0.39 is 5.97 Å². The molecule has 2 amide bonds. The van der Waals surface area contributed by atoms with E-state index in [2.05, 4.69) is 0 Å². The highest BCUT2D eigenvalue weighted by Gasteiger charge is 2.47. The van der Waals surface area contributed by atoms with Gasteiger partial charge in [0, 0.05) is 11.6 Å². The fourth-order valence-electron chi connectivity index (χ4n) is 3.39. The van der Waals surface area contributed by atoms with Gasteiger partial charge in [0.2, 0.25) is 11.8 Å². The molecule has 1 aliphatic carbocycles. The molecule has 0 N–H and O–H groups in total. The first-order valence-electron chi connectivity index (χ1n) is 7.98. The Balaban J connectivity index is 1.58. The van der Waals surface area contributed by atoms with Crippen LogP contribution in [0, 0.1) is 11.8 Å². The van der Waals surface area contributed by atoms with Crippen LogP contribution in [0.1, 0.15) is 32.1 Å². The van der Waals surface area contributed by atoms with Crippen LogP contribution in [0.5, 0.6) is 5.75 Å². The number of rotatable bonds is 4. The minimum Gasteiger partial charge on any atom is -0.425 e. The van der Waals surface area contributed by atoms with Crippen LogP contribution in [0.2, 0.25) is 10.0 Å². The maximum absolute atomic E-state index is 12.3. The molecule has 1 aliphatic heterocycles. The number of imide groups is 1. The number of carbonyl (C=O) groups excluding carboxylic acids is 3. The Morgan fingerprint density at radius 3 is 2.33 bits per heavy atom. The number of likely N-dealkylation sites (tertiary alicyclic amines) is 1. The molecule has 2 atom stereocenters. The Bertz CT molecular complexity index is 667. The zero-order chi connectivity index (χ0) is 17.3. The number of ether oxygens (including phenoxy) is 1. The molecule has 1 saturated carbocycles. The van der Waals surface area contributed by atoms with Crippen LogP contribution in [0.3, 0.4) is 0 Å². The van der Waals surface area contributed by atoms with Crippen LogP contribution < -0.4 is 4.74 Å². The van der Waals surface area contributed by atoms with Gasteiger partial charge < -0.3 is 4.74 Å². The third kappa shape index (κ3) is 3.42. The van der Waals surface area contributed by atoms with Crippen molar-refractivity contribution in [2.45, 2.75) is 32.1 Å². The SMILES string of the molecule is O=C(CCN1C(=O)C2CCCCC2C1=O)Oc1ccc(Cl)cc1Cl. The number of hydrogen-bond acceptors (Lipinski definition) is 4. The van der Waals surface area contributed by atoms with Gasteiger partial charge in [0.15, 0.2) is 0 Å². The predicted molar refractivity (Wildman–Crippen MR) is 88.9 cm³/mol. The summed E-state index contributed by atoms with van der Waals surface area (Å²) in [6, 6.07) is 4.54. The zero-order valence-electron chi connectivity index (χ0n) is 13.0. The average Bonchev–Trinajstić information content (AvgIpc) is 2.80. The smallest absolute Gasteiger partial charge is 0.313 e. The molecular formula is C17H17Cl2NO4. The number of amides is 2. The van der Waals surface area contributed by atoms with E-state index in [9.17, 15) is 14.4 Å². The summed E-state index contributed by atoms with van der Waals surface area (Å²) in [5.74, 6) is -1.04. The molecule has 5 nitrogen and oxygen atoms in total. The summed E-state index contributed by atoms with van der Waals surface area (Å²) in [4.78, 5) is 37.8. The molecule has 7 heteroatoms. The molecule has 0 aromatic heterocycles. The van der Waals surface area contributed by atoms with Crippen LogP contribution in [-0.4, -0.2) is 29.2 Å². The summed E-state index contributed by atoms with van der Waals surface area (Å²) in [6.07, 6.45) is 3.42. The van der Waals surface area contributed by atoms with Crippen LogP contribution in [0.15, 0.2) is 18.2 Å². The molecule has 1 aromatic rings. The van der Waals surface area contributed by atoms with Crippen LogP contribution in [-0.2, 0) is 14.4 Å². The Morgan fingerprint density at radius 2 is 1.75 bits per heavy atom. The molecule has 2 fully saturated rings. The lowest BCUT2D eigenvalue weighted by Crippen LogP contribution is -2.33. The van der Waals surface area contributed by atoms with Gasteiger partial charge >= 0.3 is 5.97 Å². The van der Waals surface area contributed by atoms with Crippen molar-refractivity contribution in [2.75, 3.05) is 6.54 Å². The van der Waals surface area contributed by atoms with E-state index >= 15 is 0 Å². The molecule has 2 aliphatic rings. The predicted octanol–water partition coefficient (Wildman–Crippen LogP) is 3.46. The third-order valence-electron chi connectivity index (χ3n) is 4.59. The van der Waals surface area contributed by atoms with Crippen molar-refractivity contribution in [1.82, 2.24) is 4.90 Å². The number of fused-ring (bicyclic) bond motifs is 1. The summed E-state index contributed by atoms with van der Waals surface area (Å²) >= 11 is 11.7. The van der Waals surface area contributed by atoms with E-state index in [4.69, 9.17) is 27.9 Å². The van der Waals surface area contributed by atoms with Crippen LogP contribution in [0.4, 0.5) is 0 Å². The fraction of sp³-hybridized carbons (Fsp3) is 0.471. The van der Waals surface area contributed by atoms with Gasteiger partial charge in [-0.25, -0.2) is 0 Å². The van der Waals surface area contributed by atoms with Gasteiger partial charge in [-0.2, -0.15) is 0 Å². The molecule has 2 unspecified atom stereocenters. The largest absolute Gasteiger partial charge is 0.425 e. The first-order valence-corrected chi connectivity index (χ1v) is 8.74. The topological polar surface area (TPSA) is 63.7 Å². The lowest BCUT2D eigenvalue weighted by molar-refractivity contribution is -0.141. The van der Waals surface area contributed by atoms with E-state index in [1.54, 1.807) is 6.07 Å². The first kappa shape index (κ1) is 17.2. The molecule has 0 bridgehead atoms. The normalized spacial score (nSPS) is 23.3. The molecule has 0 spiro atoms. The number of hydrogen-bond donors (Lipinski definition) is 0. The van der Waals surface area contributed by atoms with Crippen molar-refractivity contribution in [2.24, 2.45) is 11.8 Å². The fourth-order valence-corrected chi connectivity index (χ4v) is 3.83. The number of esters is 1. The number of benzene rings is 1. The van der Waals surface area contributed by atoms with E-state index in [-0.39, 0.29) is 47.4 Å². The van der Waals surface area contributed by atoms with Crippen molar-refractivity contribution >= 4 is 41.0 Å². The van der Waals surface area contributed by atoms with Crippen molar-refractivity contribution in [3.63, 3.8) is 0 Å². The van der Waals surface area contributed by atoms with E-state index in [0.717, 1.165) is 25.7 Å². The Labute approximate surface area is 149 Å². The molecule has 1 aromatic carbocycles. The monoisotopic (exact) mass is 369 g/mol. The second-order valence-electron chi connectivity index (χ2n) is 6.12. The highest BCUT2D eigenvalue weighted by Crippen LogP contribution is 2.38. The Kier molecular flexibility index (Phi) is 5.11. The van der Waals surface area contributed by atoms with Gasteiger partial charge in [-0.05, 0) is 31.0 Å². The lowest BCUT2D eigenvalue weighted by Gasteiger charge is -2.19. The quantitative estimate of drug-likeness (QED) is 0.463. The molecule has 128 valence electrons. The summed E-state index contributed by atoms with van der Waals surface area (Å²) in [6.45, 7) is 0.0503. The number of nitrogens with zero attached hydrogens (tertiary/aromatic N) is 1. The Morgan fingerprint density at radius 1 is 1.12 bits per heavy atom. The van der Waals surface area contributed by atoms with Gasteiger partial charge in [0.25, 0.3) is 0 Å². The van der Waals surface area contributed by atoms with Crippen molar-refractivity contribution in [3.05, 3.63) is 28.2 Å². The molecule has 24 heavy (non-hydrogen) atoms. The lowest BCUT2D eigenvalue weighted by atomic mass is 9.81. The van der Waals surface area contributed by atoms with Crippen LogP contribution in [0.25, 0.3) is 0 Å². The number of halogens is 2. The van der Waals surface area contributed by atoms with E-state index in [1.165, 1.54) is 17.0 Å². The van der Waals surface area contributed by atoms with Crippen LogP contribution >= 0.6 is 23.2 Å². The maximum atomic E-state index is 12.3. The van der Waals surface area contributed by atoms with E-state index in [0.29, 0.717) is 5.02 Å². The molecule has 0 radical (unpaired) electrons. The highest BCUT2D eigenvalue weighted by molar-refractivity contribution is 6.35. The summed E-state index contributed by atoms with van der Waals surface area (Å²) < 4.78 is 5.17. The van der Waals surface area contributed by atoms with Gasteiger partial charge in [-0.1, -0.05) is 36.0 Å². The molecule has 3 rings (SSSR count). The second-order valence-corrected chi connectivity index (χ2v) is 6.97.